The topological polar surface area (TPSA) is 88.9 Å². The molecule has 3 rings (SSSR count). The molecule has 28 heavy (non-hydrogen) atoms. The lowest BCUT2D eigenvalue weighted by atomic mass is 9.88. The van der Waals surface area contributed by atoms with E-state index in [4.69, 9.17) is 4.98 Å². The first kappa shape index (κ1) is 20.4. The monoisotopic (exact) mass is 401 g/mol. The maximum Gasteiger partial charge on any atom is 0.321 e. The van der Waals surface area contributed by atoms with Crippen LogP contribution in [0.4, 0.5) is 4.79 Å². The minimum Gasteiger partial charge on any atom is -0.338 e. The summed E-state index contributed by atoms with van der Waals surface area (Å²) in [5.41, 5.74) is 0.974. The highest BCUT2D eigenvalue weighted by Crippen LogP contribution is 2.34. The van der Waals surface area contributed by atoms with Gasteiger partial charge in [-0.15, -0.1) is 5.10 Å². The first-order valence-corrected chi connectivity index (χ1v) is 10.7. The van der Waals surface area contributed by atoms with E-state index < -0.39 is 11.3 Å². The van der Waals surface area contributed by atoms with Crippen molar-refractivity contribution in [3.63, 3.8) is 0 Å². The third kappa shape index (κ3) is 5.13. The second kappa shape index (κ2) is 9.73. The number of hydrogen-bond donors (Lipinski definition) is 2. The smallest absolute Gasteiger partial charge is 0.321 e. The Morgan fingerprint density at radius 1 is 1.21 bits per heavy atom. The highest BCUT2D eigenvalue weighted by atomic mass is 32.2. The Morgan fingerprint density at radius 2 is 1.93 bits per heavy atom. The number of imide groups is 1. The molecule has 1 aliphatic carbocycles. The van der Waals surface area contributed by atoms with Crippen molar-refractivity contribution >= 4 is 23.7 Å². The van der Waals surface area contributed by atoms with E-state index >= 15 is 0 Å². The number of para-hydroxylation sites is 1. The molecule has 1 fully saturated rings. The molecule has 150 valence electrons. The van der Waals surface area contributed by atoms with Crippen LogP contribution < -0.4 is 10.6 Å². The number of rotatable bonds is 6. The molecule has 0 bridgehead atoms. The fourth-order valence-corrected chi connectivity index (χ4v) is 4.13. The number of urea groups is 1. The number of nitrogens with one attached hydrogen (secondary N) is 2. The van der Waals surface area contributed by atoms with Gasteiger partial charge in [0.15, 0.2) is 0 Å². The minimum atomic E-state index is -0.481. The molecule has 0 radical (unpaired) electrons. The van der Waals surface area contributed by atoms with Gasteiger partial charge in [0.05, 0.1) is 10.9 Å². The fraction of sp³-hybridized carbons (Fsp3) is 0.500. The van der Waals surface area contributed by atoms with E-state index in [9.17, 15) is 9.59 Å². The van der Waals surface area contributed by atoms with Gasteiger partial charge in [-0.2, -0.15) is 0 Å². The van der Waals surface area contributed by atoms with Crippen molar-refractivity contribution in [2.75, 3.05) is 6.54 Å². The van der Waals surface area contributed by atoms with Crippen LogP contribution in [-0.4, -0.2) is 38.5 Å². The molecule has 0 spiro atoms. The lowest BCUT2D eigenvalue weighted by Gasteiger charge is -2.21. The van der Waals surface area contributed by atoms with Gasteiger partial charge in [0, 0.05) is 12.5 Å². The quantitative estimate of drug-likeness (QED) is 0.722. The van der Waals surface area contributed by atoms with Crippen molar-refractivity contribution < 1.29 is 9.59 Å². The molecule has 2 N–H and O–H groups in total. The summed E-state index contributed by atoms with van der Waals surface area (Å²) < 4.78 is 1.91. The Morgan fingerprint density at radius 3 is 2.61 bits per heavy atom. The maximum absolute atomic E-state index is 12.2. The van der Waals surface area contributed by atoms with Crippen molar-refractivity contribution in [3.05, 3.63) is 36.2 Å². The van der Waals surface area contributed by atoms with Crippen molar-refractivity contribution in [1.29, 1.82) is 0 Å². The van der Waals surface area contributed by atoms with Crippen molar-refractivity contribution in [2.24, 2.45) is 0 Å². The summed E-state index contributed by atoms with van der Waals surface area (Å²) in [4.78, 5) is 28.6. The Bertz CT molecular complexity index is 802. The second-order valence-corrected chi connectivity index (χ2v) is 8.25. The largest absolute Gasteiger partial charge is 0.338 e. The molecule has 7 nitrogen and oxygen atoms in total. The van der Waals surface area contributed by atoms with Crippen LogP contribution in [0.5, 0.6) is 0 Å². The van der Waals surface area contributed by atoms with E-state index in [1.54, 1.807) is 13.8 Å². The minimum absolute atomic E-state index is 0.355. The molecule has 3 amide bonds. The van der Waals surface area contributed by atoms with Crippen LogP contribution in [0.25, 0.3) is 5.69 Å². The highest BCUT2D eigenvalue weighted by Gasteiger charge is 2.25. The van der Waals surface area contributed by atoms with Gasteiger partial charge in [0.1, 0.15) is 5.82 Å². The van der Waals surface area contributed by atoms with Crippen LogP contribution >= 0.6 is 11.8 Å². The Hall–Kier alpha value is -2.35. The van der Waals surface area contributed by atoms with Crippen LogP contribution in [-0.2, 0) is 4.79 Å². The maximum atomic E-state index is 12.2. The summed E-state index contributed by atoms with van der Waals surface area (Å²) in [5.74, 6) is 0.992. The summed E-state index contributed by atoms with van der Waals surface area (Å²) in [6.07, 6.45) is 5.92. The van der Waals surface area contributed by atoms with E-state index in [0.29, 0.717) is 17.6 Å². The molecule has 0 saturated heterocycles. The van der Waals surface area contributed by atoms with Gasteiger partial charge in [0.25, 0.3) is 0 Å². The molecule has 1 aliphatic rings. The zero-order valence-electron chi connectivity index (χ0n) is 16.4. The van der Waals surface area contributed by atoms with E-state index in [0.717, 1.165) is 24.4 Å². The SMILES string of the molecule is CCNC(=O)NC(=O)C(C)Sc1nc(C2CCCCC2)n(-c2ccccc2)n1. The number of hydrogen-bond acceptors (Lipinski definition) is 5. The van der Waals surface area contributed by atoms with Crippen LogP contribution in [0.15, 0.2) is 35.5 Å². The Balaban J connectivity index is 1.79. The molecular weight excluding hydrogens is 374 g/mol. The number of carbonyl (C=O) groups is 2. The number of thioether (sulfide) groups is 1. The van der Waals surface area contributed by atoms with Gasteiger partial charge < -0.3 is 5.32 Å². The summed E-state index contributed by atoms with van der Waals surface area (Å²) in [6.45, 7) is 4.02. The molecule has 1 atom stereocenters. The molecule has 8 heteroatoms. The van der Waals surface area contributed by atoms with Crippen LogP contribution in [0.3, 0.4) is 0 Å². The predicted molar refractivity (Wildman–Crippen MR) is 110 cm³/mol. The van der Waals surface area contributed by atoms with Crippen LogP contribution in [0.1, 0.15) is 57.7 Å². The van der Waals surface area contributed by atoms with Gasteiger partial charge in [-0.3, -0.25) is 10.1 Å². The molecule has 1 unspecified atom stereocenters. The van der Waals surface area contributed by atoms with E-state index in [1.807, 2.05) is 35.0 Å². The number of amides is 3. The third-order valence-electron chi connectivity index (χ3n) is 4.81. The zero-order valence-corrected chi connectivity index (χ0v) is 17.2. The number of benzene rings is 1. The lowest BCUT2D eigenvalue weighted by Crippen LogP contribution is -2.42. The average Bonchev–Trinajstić information content (AvgIpc) is 3.13. The van der Waals surface area contributed by atoms with Gasteiger partial charge >= 0.3 is 6.03 Å². The molecule has 0 aliphatic heterocycles. The van der Waals surface area contributed by atoms with Crippen LogP contribution in [0.2, 0.25) is 0 Å². The van der Waals surface area contributed by atoms with Crippen molar-refractivity contribution in [3.8, 4) is 5.69 Å². The molecular formula is C20H27N5O2S. The van der Waals surface area contributed by atoms with Gasteiger partial charge in [-0.05, 0) is 38.8 Å². The summed E-state index contributed by atoms with van der Waals surface area (Å²) in [7, 11) is 0. The van der Waals surface area contributed by atoms with Crippen molar-refractivity contribution in [2.45, 2.75) is 62.3 Å². The lowest BCUT2D eigenvalue weighted by molar-refractivity contribution is -0.119. The molecule has 1 saturated carbocycles. The number of nitrogens with zero attached hydrogens (tertiary/aromatic N) is 3. The number of aromatic nitrogens is 3. The fourth-order valence-electron chi connectivity index (χ4n) is 3.37. The third-order valence-corrected chi connectivity index (χ3v) is 5.76. The molecule has 1 aromatic heterocycles. The zero-order chi connectivity index (χ0) is 19.9. The Labute approximate surface area is 169 Å². The second-order valence-electron chi connectivity index (χ2n) is 6.94. The van der Waals surface area contributed by atoms with E-state index in [1.165, 1.54) is 31.0 Å². The highest BCUT2D eigenvalue weighted by molar-refractivity contribution is 8.00. The van der Waals surface area contributed by atoms with Crippen molar-refractivity contribution in [1.82, 2.24) is 25.4 Å². The first-order valence-electron chi connectivity index (χ1n) is 9.86. The Kier molecular flexibility index (Phi) is 7.08. The first-order chi connectivity index (χ1) is 13.6. The normalized spacial score (nSPS) is 15.8. The van der Waals surface area contributed by atoms with E-state index in [2.05, 4.69) is 15.7 Å². The van der Waals surface area contributed by atoms with E-state index in [-0.39, 0.29) is 5.91 Å². The standard InChI is InChI=1S/C20H27N5O2S/c1-3-21-19(27)23-18(26)14(2)28-20-22-17(15-10-6-4-7-11-15)25(24-20)16-12-8-5-9-13-16/h5,8-9,12-15H,3-4,6-7,10-11H2,1-2H3,(H2,21,23,26,27). The summed E-state index contributed by atoms with van der Waals surface area (Å²) in [6, 6.07) is 9.49. The van der Waals surface area contributed by atoms with Crippen LogP contribution in [0, 0.1) is 0 Å². The van der Waals surface area contributed by atoms with Gasteiger partial charge in [-0.25, -0.2) is 14.5 Å². The summed E-state index contributed by atoms with van der Waals surface area (Å²) >= 11 is 1.27. The average molecular weight is 402 g/mol. The molecule has 2 aromatic rings. The van der Waals surface area contributed by atoms with Gasteiger partial charge in [0.2, 0.25) is 11.1 Å². The molecule has 1 heterocycles. The number of carbonyl (C=O) groups excluding carboxylic acids is 2. The van der Waals surface area contributed by atoms with Gasteiger partial charge in [-0.1, -0.05) is 49.2 Å². The molecule has 1 aromatic carbocycles. The summed E-state index contributed by atoms with van der Waals surface area (Å²) in [5, 5.41) is 9.66. The predicted octanol–water partition coefficient (Wildman–Crippen LogP) is 3.64.